The third-order valence-corrected chi connectivity index (χ3v) is 5.47. The first-order valence-corrected chi connectivity index (χ1v) is 9.62. The minimum atomic E-state index is -0.494. The van der Waals surface area contributed by atoms with Crippen LogP contribution in [-0.2, 0) is 6.54 Å². The average Bonchev–Trinajstić information content (AvgIpc) is 3.42. The lowest BCUT2D eigenvalue weighted by Crippen LogP contribution is -2.58. The SMILES string of the molecule is CN(Cc1nnc(C2CC2)o1)C1CN(c2ncnc(-c3ccc(F)cc3)c2F)C1. The van der Waals surface area contributed by atoms with Gasteiger partial charge in [-0.05, 0) is 44.2 Å². The normalized spacial score (nSPS) is 17.0. The minimum absolute atomic E-state index is 0.172. The number of rotatable bonds is 6. The lowest BCUT2D eigenvalue weighted by atomic mass is 10.1. The van der Waals surface area contributed by atoms with Crippen LogP contribution < -0.4 is 4.90 Å². The Morgan fingerprint density at radius 1 is 1.10 bits per heavy atom. The number of benzene rings is 1. The highest BCUT2D eigenvalue weighted by molar-refractivity contribution is 5.64. The van der Waals surface area contributed by atoms with Gasteiger partial charge in [-0.25, -0.2) is 18.7 Å². The third-order valence-electron chi connectivity index (χ3n) is 5.47. The van der Waals surface area contributed by atoms with E-state index in [1.807, 2.05) is 11.9 Å². The topological polar surface area (TPSA) is 71.2 Å². The minimum Gasteiger partial charge on any atom is -0.424 e. The van der Waals surface area contributed by atoms with Crippen molar-refractivity contribution in [1.82, 2.24) is 25.1 Å². The molecule has 5 rings (SSSR count). The largest absolute Gasteiger partial charge is 0.424 e. The Bertz CT molecular complexity index is 1010. The molecule has 1 aromatic carbocycles. The Morgan fingerprint density at radius 2 is 1.86 bits per heavy atom. The monoisotopic (exact) mass is 398 g/mol. The molecule has 0 bridgehead atoms. The van der Waals surface area contributed by atoms with E-state index < -0.39 is 5.82 Å². The van der Waals surface area contributed by atoms with Crippen molar-refractivity contribution < 1.29 is 13.2 Å². The molecule has 150 valence electrons. The smallest absolute Gasteiger partial charge is 0.230 e. The zero-order valence-corrected chi connectivity index (χ0v) is 15.9. The van der Waals surface area contributed by atoms with E-state index in [1.54, 1.807) is 0 Å². The molecule has 1 aliphatic heterocycles. The van der Waals surface area contributed by atoms with E-state index in [9.17, 15) is 8.78 Å². The van der Waals surface area contributed by atoms with Crippen LogP contribution in [0.3, 0.4) is 0 Å². The van der Waals surface area contributed by atoms with Crippen molar-refractivity contribution in [3.8, 4) is 11.3 Å². The van der Waals surface area contributed by atoms with E-state index in [-0.39, 0.29) is 23.4 Å². The van der Waals surface area contributed by atoms with Crippen molar-refractivity contribution in [3.63, 3.8) is 0 Å². The van der Waals surface area contributed by atoms with Gasteiger partial charge in [0, 0.05) is 30.6 Å². The van der Waals surface area contributed by atoms with Gasteiger partial charge in [-0.1, -0.05) is 0 Å². The Labute approximate surface area is 166 Å². The quantitative estimate of drug-likeness (QED) is 0.632. The van der Waals surface area contributed by atoms with E-state index in [0.29, 0.717) is 37.0 Å². The Hall–Kier alpha value is -2.94. The maximum absolute atomic E-state index is 15.0. The summed E-state index contributed by atoms with van der Waals surface area (Å²) in [6, 6.07) is 5.83. The number of aromatic nitrogens is 4. The summed E-state index contributed by atoms with van der Waals surface area (Å²) in [7, 11) is 1.99. The zero-order chi connectivity index (χ0) is 20.0. The van der Waals surface area contributed by atoms with Gasteiger partial charge in [-0.15, -0.1) is 10.2 Å². The Balaban J connectivity index is 1.24. The van der Waals surface area contributed by atoms with E-state index in [4.69, 9.17) is 4.42 Å². The van der Waals surface area contributed by atoms with E-state index in [0.717, 1.165) is 18.7 Å². The first-order valence-electron chi connectivity index (χ1n) is 9.62. The summed E-state index contributed by atoms with van der Waals surface area (Å²) in [4.78, 5) is 12.2. The fourth-order valence-corrected chi connectivity index (χ4v) is 3.47. The number of halogens is 2. The van der Waals surface area contributed by atoms with E-state index in [1.165, 1.54) is 30.6 Å². The van der Waals surface area contributed by atoms with Crippen LogP contribution in [-0.4, -0.2) is 51.2 Å². The average molecular weight is 398 g/mol. The summed E-state index contributed by atoms with van der Waals surface area (Å²) in [6.07, 6.45) is 3.59. The second-order valence-corrected chi connectivity index (χ2v) is 7.65. The molecule has 0 spiro atoms. The summed E-state index contributed by atoms with van der Waals surface area (Å²) in [5, 5.41) is 8.23. The third kappa shape index (κ3) is 3.57. The van der Waals surface area contributed by atoms with Gasteiger partial charge >= 0.3 is 0 Å². The second kappa shape index (κ2) is 7.14. The number of likely N-dealkylation sites (N-methyl/N-ethyl adjacent to an activating group) is 1. The first kappa shape index (κ1) is 18.1. The Kier molecular flexibility index (Phi) is 4.46. The van der Waals surface area contributed by atoms with Crippen LogP contribution in [0, 0.1) is 11.6 Å². The molecule has 29 heavy (non-hydrogen) atoms. The van der Waals surface area contributed by atoms with Gasteiger partial charge in [0.15, 0.2) is 11.6 Å². The summed E-state index contributed by atoms with van der Waals surface area (Å²) in [5.41, 5.74) is 0.690. The Morgan fingerprint density at radius 3 is 2.59 bits per heavy atom. The summed E-state index contributed by atoms with van der Waals surface area (Å²) in [5.74, 6) is 1.18. The maximum Gasteiger partial charge on any atom is 0.230 e. The van der Waals surface area contributed by atoms with Crippen molar-refractivity contribution in [2.24, 2.45) is 0 Å². The predicted octanol–water partition coefficient (Wildman–Crippen LogP) is 3.00. The molecule has 7 nitrogen and oxygen atoms in total. The van der Waals surface area contributed by atoms with Crippen LogP contribution in [0.5, 0.6) is 0 Å². The standard InChI is InChI=1S/C20H20F2N6O/c1-27(10-16-25-26-20(29-16)13-2-3-13)15-8-28(9-15)19-17(22)18(23-11-24-19)12-4-6-14(21)7-5-12/h4-7,11,13,15H,2-3,8-10H2,1H3. The molecular weight excluding hydrogens is 378 g/mol. The van der Waals surface area contributed by atoms with Gasteiger partial charge in [-0.2, -0.15) is 0 Å². The van der Waals surface area contributed by atoms with Crippen molar-refractivity contribution in [1.29, 1.82) is 0 Å². The van der Waals surface area contributed by atoms with Crippen LogP contribution >= 0.6 is 0 Å². The molecule has 0 amide bonds. The number of nitrogens with zero attached hydrogens (tertiary/aromatic N) is 6. The van der Waals surface area contributed by atoms with Crippen LogP contribution in [0.4, 0.5) is 14.6 Å². The van der Waals surface area contributed by atoms with Gasteiger partial charge in [0.25, 0.3) is 0 Å². The zero-order valence-electron chi connectivity index (χ0n) is 15.9. The maximum atomic E-state index is 15.0. The number of hydrogen-bond acceptors (Lipinski definition) is 7. The molecule has 1 aliphatic carbocycles. The summed E-state index contributed by atoms with van der Waals surface area (Å²) >= 11 is 0. The lowest BCUT2D eigenvalue weighted by molar-refractivity contribution is 0.178. The van der Waals surface area contributed by atoms with Crippen molar-refractivity contribution in [2.45, 2.75) is 31.3 Å². The first-order chi connectivity index (χ1) is 14.1. The molecule has 0 unspecified atom stereocenters. The molecule has 3 heterocycles. The van der Waals surface area contributed by atoms with Crippen molar-refractivity contribution in [3.05, 3.63) is 54.0 Å². The molecule has 2 aliphatic rings. The van der Waals surface area contributed by atoms with Gasteiger partial charge in [0.1, 0.15) is 17.8 Å². The number of anilines is 1. The lowest BCUT2D eigenvalue weighted by Gasteiger charge is -2.44. The molecule has 1 saturated carbocycles. The number of hydrogen-bond donors (Lipinski definition) is 0. The van der Waals surface area contributed by atoms with Gasteiger partial charge in [0.2, 0.25) is 11.8 Å². The molecule has 2 aromatic heterocycles. The highest BCUT2D eigenvalue weighted by Crippen LogP contribution is 2.39. The molecule has 0 radical (unpaired) electrons. The van der Waals surface area contributed by atoms with Crippen molar-refractivity contribution in [2.75, 3.05) is 25.0 Å². The molecule has 1 saturated heterocycles. The highest BCUT2D eigenvalue weighted by Gasteiger charge is 2.34. The highest BCUT2D eigenvalue weighted by atomic mass is 19.1. The van der Waals surface area contributed by atoms with Crippen molar-refractivity contribution >= 4 is 5.82 Å². The van der Waals surface area contributed by atoms with Crippen LogP contribution in [0.1, 0.15) is 30.5 Å². The molecular formula is C20H20F2N6O. The molecule has 0 atom stereocenters. The fourth-order valence-electron chi connectivity index (χ4n) is 3.47. The van der Waals surface area contributed by atoms with Crippen LogP contribution in [0.25, 0.3) is 11.3 Å². The molecule has 9 heteroatoms. The summed E-state index contributed by atoms with van der Waals surface area (Å²) < 4.78 is 33.8. The molecule has 0 N–H and O–H groups in total. The fraction of sp³-hybridized carbons (Fsp3) is 0.400. The van der Waals surface area contributed by atoms with E-state index in [2.05, 4.69) is 25.1 Å². The van der Waals surface area contributed by atoms with Crippen LogP contribution in [0.2, 0.25) is 0 Å². The molecule has 2 fully saturated rings. The van der Waals surface area contributed by atoms with E-state index >= 15 is 0 Å². The van der Waals surface area contributed by atoms with Crippen LogP contribution in [0.15, 0.2) is 35.0 Å². The van der Waals surface area contributed by atoms with Gasteiger partial charge in [-0.3, -0.25) is 4.90 Å². The van der Waals surface area contributed by atoms with Gasteiger partial charge in [0.05, 0.1) is 6.54 Å². The molecule has 3 aromatic rings. The summed E-state index contributed by atoms with van der Waals surface area (Å²) in [6.45, 7) is 1.83. The second-order valence-electron chi connectivity index (χ2n) is 7.65. The van der Waals surface area contributed by atoms with Gasteiger partial charge < -0.3 is 9.32 Å². The predicted molar refractivity (Wildman–Crippen MR) is 101 cm³/mol.